The molecule has 0 unspecified atom stereocenters. The molecule has 2 aromatic rings. The predicted molar refractivity (Wildman–Crippen MR) is 123 cm³/mol. The number of anilines is 1. The van der Waals surface area contributed by atoms with E-state index in [1.54, 1.807) is 48.4 Å². The number of methoxy groups -OCH3 is 1. The van der Waals surface area contributed by atoms with Gasteiger partial charge in [0.2, 0.25) is 5.91 Å². The summed E-state index contributed by atoms with van der Waals surface area (Å²) in [5, 5.41) is 5.72. The molecule has 2 N–H and O–H groups in total. The molecule has 0 atom stereocenters. The van der Waals surface area contributed by atoms with Crippen molar-refractivity contribution in [1.82, 2.24) is 15.1 Å². The molecule has 1 fully saturated rings. The van der Waals surface area contributed by atoms with Gasteiger partial charge in [-0.25, -0.2) is 0 Å². The van der Waals surface area contributed by atoms with Crippen molar-refractivity contribution in [2.45, 2.75) is 6.42 Å². The number of piperazine rings is 1. The first-order valence-electron chi connectivity index (χ1n) is 10.8. The number of nitrogens with zero attached hydrogens (tertiary/aromatic N) is 2. The van der Waals surface area contributed by atoms with Crippen molar-refractivity contribution in [2.24, 2.45) is 0 Å². The maximum Gasteiger partial charge on any atom is 0.255 e. The minimum Gasteiger partial charge on any atom is -0.385 e. The monoisotopic (exact) mass is 438 g/mol. The van der Waals surface area contributed by atoms with Gasteiger partial charge in [0, 0.05) is 63.3 Å². The molecule has 0 aromatic heterocycles. The fourth-order valence-electron chi connectivity index (χ4n) is 3.48. The molecule has 1 heterocycles. The molecule has 0 spiro atoms. The molecule has 1 aliphatic rings. The van der Waals surface area contributed by atoms with Gasteiger partial charge < -0.3 is 20.3 Å². The van der Waals surface area contributed by atoms with Crippen LogP contribution < -0.4 is 10.6 Å². The molecule has 1 aliphatic heterocycles. The molecule has 1 saturated heterocycles. The standard InChI is InChI=1S/C24H30N4O4/c1-32-17-5-12-25-22(29)18-27-13-15-28(16-14-27)24(31)20-8-10-21(11-9-20)26-23(30)19-6-3-2-4-7-19/h2-4,6-11H,5,12-18H2,1H3,(H,25,29)(H,26,30). The largest absolute Gasteiger partial charge is 0.385 e. The zero-order chi connectivity index (χ0) is 22.8. The summed E-state index contributed by atoms with van der Waals surface area (Å²) >= 11 is 0. The molecule has 3 amide bonds. The molecule has 0 saturated carbocycles. The first kappa shape index (κ1) is 23.4. The van der Waals surface area contributed by atoms with Crippen molar-refractivity contribution in [3.05, 3.63) is 65.7 Å². The van der Waals surface area contributed by atoms with E-state index in [4.69, 9.17) is 4.74 Å². The highest BCUT2D eigenvalue weighted by Gasteiger charge is 2.23. The Balaban J connectivity index is 1.44. The van der Waals surface area contributed by atoms with Gasteiger partial charge in [-0.05, 0) is 42.8 Å². The number of carbonyl (C=O) groups is 3. The van der Waals surface area contributed by atoms with E-state index in [2.05, 4.69) is 15.5 Å². The lowest BCUT2D eigenvalue weighted by molar-refractivity contribution is -0.122. The number of nitrogens with one attached hydrogen (secondary N) is 2. The molecular weight excluding hydrogens is 408 g/mol. The van der Waals surface area contributed by atoms with Crippen LogP contribution in [-0.4, -0.2) is 80.5 Å². The number of amides is 3. The second-order valence-corrected chi connectivity index (χ2v) is 7.66. The van der Waals surface area contributed by atoms with E-state index in [-0.39, 0.29) is 17.7 Å². The first-order chi connectivity index (χ1) is 15.6. The Bertz CT molecular complexity index is 894. The van der Waals surface area contributed by atoms with Crippen molar-refractivity contribution in [3.63, 3.8) is 0 Å². The van der Waals surface area contributed by atoms with Crippen molar-refractivity contribution in [2.75, 3.05) is 58.3 Å². The molecule has 0 bridgehead atoms. The van der Waals surface area contributed by atoms with Gasteiger partial charge in [0.15, 0.2) is 0 Å². The summed E-state index contributed by atoms with van der Waals surface area (Å²) < 4.78 is 4.97. The average molecular weight is 439 g/mol. The Hall–Kier alpha value is -3.23. The maximum atomic E-state index is 12.8. The molecule has 8 heteroatoms. The van der Waals surface area contributed by atoms with Crippen LogP contribution in [0, 0.1) is 0 Å². The van der Waals surface area contributed by atoms with Gasteiger partial charge in [0.05, 0.1) is 6.54 Å². The number of ether oxygens (including phenoxy) is 1. The van der Waals surface area contributed by atoms with Crippen molar-refractivity contribution in [3.8, 4) is 0 Å². The predicted octanol–water partition coefficient (Wildman–Crippen LogP) is 1.85. The van der Waals surface area contributed by atoms with E-state index in [1.165, 1.54) is 0 Å². The summed E-state index contributed by atoms with van der Waals surface area (Å²) in [5.74, 6) is -0.243. The van der Waals surface area contributed by atoms with Crippen LogP contribution in [-0.2, 0) is 9.53 Å². The van der Waals surface area contributed by atoms with E-state index in [0.717, 1.165) is 6.42 Å². The van der Waals surface area contributed by atoms with Gasteiger partial charge in [0.1, 0.15) is 0 Å². The fraction of sp³-hybridized carbons (Fsp3) is 0.375. The zero-order valence-corrected chi connectivity index (χ0v) is 18.4. The number of benzene rings is 2. The fourth-order valence-corrected chi connectivity index (χ4v) is 3.48. The maximum absolute atomic E-state index is 12.8. The van der Waals surface area contributed by atoms with Crippen LogP contribution >= 0.6 is 0 Å². The van der Waals surface area contributed by atoms with Gasteiger partial charge >= 0.3 is 0 Å². The zero-order valence-electron chi connectivity index (χ0n) is 18.4. The van der Waals surface area contributed by atoms with E-state index in [1.807, 2.05) is 18.2 Å². The Kier molecular flexibility index (Phi) is 8.77. The van der Waals surface area contributed by atoms with Gasteiger partial charge in [0.25, 0.3) is 11.8 Å². The number of hydrogen-bond acceptors (Lipinski definition) is 5. The molecule has 2 aromatic carbocycles. The van der Waals surface area contributed by atoms with E-state index in [9.17, 15) is 14.4 Å². The van der Waals surface area contributed by atoms with Gasteiger partial charge in [-0.3, -0.25) is 19.3 Å². The van der Waals surface area contributed by atoms with Crippen molar-refractivity contribution in [1.29, 1.82) is 0 Å². The van der Waals surface area contributed by atoms with Crippen molar-refractivity contribution >= 4 is 23.4 Å². The highest BCUT2D eigenvalue weighted by Crippen LogP contribution is 2.14. The topological polar surface area (TPSA) is 91.0 Å². The lowest BCUT2D eigenvalue weighted by Crippen LogP contribution is -2.51. The second-order valence-electron chi connectivity index (χ2n) is 7.66. The summed E-state index contributed by atoms with van der Waals surface area (Å²) in [5.41, 5.74) is 1.79. The summed E-state index contributed by atoms with van der Waals surface area (Å²) in [4.78, 5) is 40.9. The number of hydrogen-bond donors (Lipinski definition) is 2. The molecule has 8 nitrogen and oxygen atoms in total. The van der Waals surface area contributed by atoms with E-state index >= 15 is 0 Å². The van der Waals surface area contributed by atoms with Crippen LogP contribution in [0.15, 0.2) is 54.6 Å². The molecule has 0 radical (unpaired) electrons. The number of carbonyl (C=O) groups excluding carboxylic acids is 3. The quantitative estimate of drug-likeness (QED) is 0.583. The third-order valence-electron chi connectivity index (χ3n) is 5.30. The van der Waals surface area contributed by atoms with Crippen LogP contribution in [0.4, 0.5) is 5.69 Å². The van der Waals surface area contributed by atoms with Gasteiger partial charge in [-0.1, -0.05) is 18.2 Å². The third kappa shape index (κ3) is 6.90. The lowest BCUT2D eigenvalue weighted by Gasteiger charge is -2.34. The Morgan fingerprint density at radius 1 is 0.906 bits per heavy atom. The molecule has 3 rings (SSSR count). The number of rotatable bonds is 9. The highest BCUT2D eigenvalue weighted by atomic mass is 16.5. The van der Waals surface area contributed by atoms with E-state index in [0.29, 0.717) is 62.7 Å². The smallest absolute Gasteiger partial charge is 0.255 e. The molecule has 32 heavy (non-hydrogen) atoms. The van der Waals surface area contributed by atoms with Crippen LogP contribution in [0.3, 0.4) is 0 Å². The van der Waals surface area contributed by atoms with E-state index < -0.39 is 0 Å². The van der Waals surface area contributed by atoms with Crippen LogP contribution in [0.1, 0.15) is 27.1 Å². The Morgan fingerprint density at radius 3 is 2.25 bits per heavy atom. The summed E-state index contributed by atoms with van der Waals surface area (Å²) in [6.07, 6.45) is 0.791. The molecule has 170 valence electrons. The summed E-state index contributed by atoms with van der Waals surface area (Å²) in [6.45, 7) is 4.02. The van der Waals surface area contributed by atoms with Gasteiger partial charge in [-0.15, -0.1) is 0 Å². The SMILES string of the molecule is COCCCNC(=O)CN1CCN(C(=O)c2ccc(NC(=O)c3ccccc3)cc2)CC1. The molecular formula is C24H30N4O4. The lowest BCUT2D eigenvalue weighted by atomic mass is 10.1. The van der Waals surface area contributed by atoms with Crippen LogP contribution in [0.2, 0.25) is 0 Å². The highest BCUT2D eigenvalue weighted by molar-refractivity contribution is 6.04. The summed E-state index contributed by atoms with van der Waals surface area (Å²) in [7, 11) is 1.64. The summed E-state index contributed by atoms with van der Waals surface area (Å²) in [6, 6.07) is 15.9. The van der Waals surface area contributed by atoms with Gasteiger partial charge in [-0.2, -0.15) is 0 Å². The third-order valence-corrected chi connectivity index (χ3v) is 5.30. The minimum absolute atomic E-state index is 0.00554. The van der Waals surface area contributed by atoms with Crippen LogP contribution in [0.5, 0.6) is 0 Å². The Labute approximate surface area is 188 Å². The minimum atomic E-state index is -0.191. The second kappa shape index (κ2) is 12.0. The normalized spacial score (nSPS) is 14.1. The molecule has 0 aliphatic carbocycles. The van der Waals surface area contributed by atoms with Crippen molar-refractivity contribution < 1.29 is 19.1 Å². The Morgan fingerprint density at radius 2 is 1.59 bits per heavy atom. The first-order valence-corrected chi connectivity index (χ1v) is 10.8. The van der Waals surface area contributed by atoms with Crippen LogP contribution in [0.25, 0.3) is 0 Å². The average Bonchev–Trinajstić information content (AvgIpc) is 2.83.